The minimum Gasteiger partial charge on any atom is -0.390 e. The lowest BCUT2D eigenvalue weighted by molar-refractivity contribution is -0.135. The number of ether oxygens (including phenoxy) is 1. The molecule has 0 saturated heterocycles. The smallest absolute Gasteiger partial charge is 0.345 e. The van der Waals surface area contributed by atoms with Crippen molar-refractivity contribution in [3.05, 3.63) is 29.8 Å². The molecule has 15 heavy (non-hydrogen) atoms. The van der Waals surface area contributed by atoms with E-state index in [-0.39, 0.29) is 5.56 Å². The molecule has 0 saturated carbocycles. The van der Waals surface area contributed by atoms with E-state index >= 15 is 0 Å². The van der Waals surface area contributed by atoms with Gasteiger partial charge in [-0.15, -0.1) is 0 Å². The number of hydrogen-bond acceptors (Lipinski definition) is 4. The fourth-order valence-corrected chi connectivity index (χ4v) is 0.993. The first-order chi connectivity index (χ1) is 7.13. The molecule has 5 heteroatoms. The summed E-state index contributed by atoms with van der Waals surface area (Å²) in [5, 5.41) is 2.38. The minimum absolute atomic E-state index is 0.206. The monoisotopic (exact) mass is 207 g/mol. The number of carbonyl (C=O) groups excluding carboxylic acids is 3. The predicted molar refractivity (Wildman–Crippen MR) is 52.2 cm³/mol. The Morgan fingerprint density at radius 1 is 1.40 bits per heavy atom. The SMILES string of the molecule is CC(=O)OC(=O)c1cccc(NC=O)c1. The molecule has 5 nitrogen and oxygen atoms in total. The van der Waals surface area contributed by atoms with Crippen LogP contribution in [0.3, 0.4) is 0 Å². The normalized spacial score (nSPS) is 9.13. The second kappa shape index (κ2) is 4.90. The van der Waals surface area contributed by atoms with Crippen LogP contribution >= 0.6 is 0 Å². The summed E-state index contributed by atoms with van der Waals surface area (Å²) in [6, 6.07) is 6.09. The van der Waals surface area contributed by atoms with Gasteiger partial charge in [-0.3, -0.25) is 9.59 Å². The zero-order chi connectivity index (χ0) is 11.3. The maximum Gasteiger partial charge on any atom is 0.345 e. The van der Waals surface area contributed by atoms with Gasteiger partial charge in [0.25, 0.3) is 0 Å². The fraction of sp³-hybridized carbons (Fsp3) is 0.100. The highest BCUT2D eigenvalue weighted by atomic mass is 16.6. The topological polar surface area (TPSA) is 72.5 Å². The quantitative estimate of drug-likeness (QED) is 0.455. The number of benzene rings is 1. The van der Waals surface area contributed by atoms with E-state index in [9.17, 15) is 14.4 Å². The number of esters is 2. The van der Waals surface area contributed by atoms with Gasteiger partial charge in [0.15, 0.2) is 0 Å². The van der Waals surface area contributed by atoms with Crippen LogP contribution in [0.2, 0.25) is 0 Å². The van der Waals surface area contributed by atoms with Gasteiger partial charge in [0, 0.05) is 12.6 Å². The van der Waals surface area contributed by atoms with Crippen molar-refractivity contribution in [1.82, 2.24) is 0 Å². The van der Waals surface area contributed by atoms with Crippen LogP contribution in [0.1, 0.15) is 17.3 Å². The third-order valence-corrected chi connectivity index (χ3v) is 1.56. The summed E-state index contributed by atoms with van der Waals surface area (Å²) in [7, 11) is 0. The molecule has 1 amide bonds. The number of amides is 1. The van der Waals surface area contributed by atoms with E-state index in [0.717, 1.165) is 6.92 Å². The minimum atomic E-state index is -0.739. The second-order valence-corrected chi connectivity index (χ2v) is 2.72. The van der Waals surface area contributed by atoms with Gasteiger partial charge in [-0.25, -0.2) is 4.79 Å². The van der Waals surface area contributed by atoms with E-state index in [2.05, 4.69) is 10.1 Å². The molecule has 0 unspecified atom stereocenters. The standard InChI is InChI=1S/C10H9NO4/c1-7(13)15-10(14)8-3-2-4-9(5-8)11-6-12/h2-6H,1H3,(H,11,12). The van der Waals surface area contributed by atoms with Crippen LogP contribution in [-0.4, -0.2) is 18.3 Å². The Hall–Kier alpha value is -2.17. The molecule has 78 valence electrons. The van der Waals surface area contributed by atoms with Crippen molar-refractivity contribution in [1.29, 1.82) is 0 Å². The molecule has 0 heterocycles. The van der Waals surface area contributed by atoms with E-state index in [4.69, 9.17) is 0 Å². The van der Waals surface area contributed by atoms with Gasteiger partial charge in [0.1, 0.15) is 0 Å². The molecule has 0 aliphatic rings. The van der Waals surface area contributed by atoms with Crippen LogP contribution in [0, 0.1) is 0 Å². The van der Waals surface area contributed by atoms with Crippen molar-refractivity contribution in [2.75, 3.05) is 5.32 Å². The Labute approximate surface area is 86.0 Å². The Bertz CT molecular complexity index is 400. The van der Waals surface area contributed by atoms with Crippen LogP contribution in [-0.2, 0) is 14.3 Å². The van der Waals surface area contributed by atoms with E-state index < -0.39 is 11.9 Å². The van der Waals surface area contributed by atoms with Crippen molar-refractivity contribution < 1.29 is 19.1 Å². The number of rotatable bonds is 3. The average molecular weight is 207 g/mol. The zero-order valence-corrected chi connectivity index (χ0v) is 8.02. The largest absolute Gasteiger partial charge is 0.390 e. The molecular formula is C10H9NO4. The molecule has 0 spiro atoms. The van der Waals surface area contributed by atoms with Gasteiger partial charge in [0.2, 0.25) is 6.41 Å². The van der Waals surface area contributed by atoms with Crippen molar-refractivity contribution in [3.63, 3.8) is 0 Å². The molecule has 0 radical (unpaired) electrons. The Balaban J connectivity index is 2.84. The molecule has 1 rings (SSSR count). The summed E-state index contributed by atoms with van der Waals surface area (Å²) >= 11 is 0. The van der Waals surface area contributed by atoms with Gasteiger partial charge < -0.3 is 10.1 Å². The molecule has 0 atom stereocenters. The predicted octanol–water partition coefficient (Wildman–Crippen LogP) is 0.958. The van der Waals surface area contributed by atoms with Gasteiger partial charge in [-0.1, -0.05) is 6.07 Å². The lowest BCUT2D eigenvalue weighted by Crippen LogP contribution is -2.09. The number of carbonyl (C=O) groups is 3. The fourth-order valence-electron chi connectivity index (χ4n) is 0.993. The van der Waals surface area contributed by atoms with Crippen LogP contribution in [0.5, 0.6) is 0 Å². The molecule has 0 aliphatic heterocycles. The zero-order valence-electron chi connectivity index (χ0n) is 8.02. The Morgan fingerprint density at radius 3 is 2.73 bits per heavy atom. The van der Waals surface area contributed by atoms with Crippen molar-refractivity contribution in [2.24, 2.45) is 0 Å². The van der Waals surface area contributed by atoms with Crippen LogP contribution in [0.25, 0.3) is 0 Å². The summed E-state index contributed by atoms with van der Waals surface area (Å²) in [4.78, 5) is 31.9. The van der Waals surface area contributed by atoms with Crippen LogP contribution in [0.4, 0.5) is 5.69 Å². The molecule has 0 aromatic heterocycles. The van der Waals surface area contributed by atoms with Crippen LogP contribution in [0.15, 0.2) is 24.3 Å². The van der Waals surface area contributed by atoms with E-state index in [1.807, 2.05) is 0 Å². The average Bonchev–Trinajstić information content (AvgIpc) is 2.17. The third kappa shape index (κ3) is 3.22. The van der Waals surface area contributed by atoms with E-state index in [1.165, 1.54) is 12.1 Å². The second-order valence-electron chi connectivity index (χ2n) is 2.72. The van der Waals surface area contributed by atoms with Gasteiger partial charge in [0.05, 0.1) is 5.56 Å². The van der Waals surface area contributed by atoms with Crippen molar-refractivity contribution in [3.8, 4) is 0 Å². The highest BCUT2D eigenvalue weighted by Crippen LogP contribution is 2.10. The molecular weight excluding hydrogens is 198 g/mol. The van der Waals surface area contributed by atoms with E-state index in [1.54, 1.807) is 12.1 Å². The lowest BCUT2D eigenvalue weighted by atomic mass is 10.2. The summed E-state index contributed by atoms with van der Waals surface area (Å²) in [5.74, 6) is -1.41. The highest BCUT2D eigenvalue weighted by molar-refractivity contribution is 5.97. The van der Waals surface area contributed by atoms with E-state index in [0.29, 0.717) is 12.1 Å². The first-order valence-electron chi connectivity index (χ1n) is 4.16. The molecule has 1 aromatic rings. The highest BCUT2D eigenvalue weighted by Gasteiger charge is 2.09. The number of nitrogens with one attached hydrogen (secondary N) is 1. The summed E-state index contributed by atoms with van der Waals surface area (Å²) in [6.45, 7) is 1.14. The number of hydrogen-bond donors (Lipinski definition) is 1. The molecule has 0 aliphatic carbocycles. The maximum absolute atomic E-state index is 11.3. The molecule has 1 N–H and O–H groups in total. The Kier molecular flexibility index (Phi) is 3.56. The van der Waals surface area contributed by atoms with Gasteiger partial charge >= 0.3 is 11.9 Å². The number of anilines is 1. The first-order valence-corrected chi connectivity index (χ1v) is 4.16. The first kappa shape index (κ1) is 10.9. The van der Waals surface area contributed by atoms with Gasteiger partial charge in [-0.05, 0) is 18.2 Å². The lowest BCUT2D eigenvalue weighted by Gasteiger charge is -2.02. The van der Waals surface area contributed by atoms with Crippen LogP contribution < -0.4 is 5.32 Å². The molecule has 0 bridgehead atoms. The summed E-state index contributed by atoms with van der Waals surface area (Å²) in [5.41, 5.74) is 0.667. The van der Waals surface area contributed by atoms with Crippen molar-refractivity contribution >= 4 is 24.0 Å². The van der Waals surface area contributed by atoms with Gasteiger partial charge in [-0.2, -0.15) is 0 Å². The maximum atomic E-state index is 11.3. The van der Waals surface area contributed by atoms with Crippen molar-refractivity contribution in [2.45, 2.75) is 6.92 Å². The third-order valence-electron chi connectivity index (χ3n) is 1.56. The summed E-state index contributed by atoms with van der Waals surface area (Å²) in [6.07, 6.45) is 0.495. The summed E-state index contributed by atoms with van der Waals surface area (Å²) < 4.78 is 4.38. The molecule has 1 aromatic carbocycles. The molecule has 0 fully saturated rings. The Morgan fingerprint density at radius 2 is 2.13 bits per heavy atom.